The van der Waals surface area contributed by atoms with Crippen molar-refractivity contribution in [3.05, 3.63) is 47.9 Å². The number of amides is 1. The van der Waals surface area contributed by atoms with E-state index in [2.05, 4.69) is 51.2 Å². The minimum absolute atomic E-state index is 0.0246. The molecule has 3 fully saturated rings. The zero-order valence-electron chi connectivity index (χ0n) is 22.7. The Kier molecular flexibility index (Phi) is 6.39. The molecule has 5 unspecified atom stereocenters. The molecule has 38 heavy (non-hydrogen) atoms. The molecule has 1 aliphatic carbocycles. The minimum atomic E-state index is -0.944. The van der Waals surface area contributed by atoms with Crippen LogP contribution in [-0.2, 0) is 16.6 Å². The third-order valence-electron chi connectivity index (χ3n) is 9.02. The predicted octanol–water partition coefficient (Wildman–Crippen LogP) is 3.90. The molecule has 2 saturated heterocycles. The number of carbonyl (C=O) groups is 1. The molecule has 1 amide bonds. The van der Waals surface area contributed by atoms with Crippen LogP contribution in [0.3, 0.4) is 0 Å². The van der Waals surface area contributed by atoms with Crippen LogP contribution in [0.4, 0.5) is 15.9 Å². The molecule has 0 bridgehead atoms. The zero-order chi connectivity index (χ0) is 26.6. The van der Waals surface area contributed by atoms with Crippen LogP contribution in [0.25, 0.3) is 10.8 Å². The number of halogens is 1. The second-order valence-corrected chi connectivity index (χ2v) is 11.4. The molecule has 4 heterocycles. The van der Waals surface area contributed by atoms with Crippen LogP contribution in [0.1, 0.15) is 37.3 Å². The van der Waals surface area contributed by atoms with Crippen LogP contribution in [0.5, 0.6) is 0 Å². The number of anilines is 2. The van der Waals surface area contributed by atoms with Crippen LogP contribution in [-0.4, -0.2) is 76.7 Å². The molecule has 6 rings (SSSR count). The number of rotatable bonds is 6. The summed E-state index contributed by atoms with van der Waals surface area (Å²) in [5.41, 5.74) is 2.96. The van der Waals surface area contributed by atoms with Crippen LogP contribution < -0.4 is 10.2 Å². The standard InChI is InChI=1S/C29H37FN6O2/c1-5-22-26(21-14-32-34(4)15-21)27(22)28(37)33-25-12-19-11-23(18(2)10-20(19)13-31-25)35-6-8-36(9-7-35)29(3)17-38-16-24(29)30/h10-15,22,24,26-27H,5-9,16-17H2,1-4H3,(H,31,33,37). The smallest absolute Gasteiger partial charge is 0.229 e. The minimum Gasteiger partial charge on any atom is -0.376 e. The summed E-state index contributed by atoms with van der Waals surface area (Å²) in [6.45, 7) is 10.1. The average Bonchev–Trinajstić information content (AvgIpc) is 3.33. The van der Waals surface area contributed by atoms with Gasteiger partial charge in [-0.2, -0.15) is 5.10 Å². The Morgan fingerprint density at radius 1 is 1.18 bits per heavy atom. The fourth-order valence-corrected chi connectivity index (χ4v) is 6.61. The van der Waals surface area contributed by atoms with E-state index >= 15 is 0 Å². The van der Waals surface area contributed by atoms with Gasteiger partial charge in [0.1, 0.15) is 12.0 Å². The summed E-state index contributed by atoms with van der Waals surface area (Å²) in [6.07, 6.45) is 5.73. The summed E-state index contributed by atoms with van der Waals surface area (Å²) >= 11 is 0. The summed E-state index contributed by atoms with van der Waals surface area (Å²) in [5.74, 6) is 1.10. The van der Waals surface area contributed by atoms with Gasteiger partial charge >= 0.3 is 0 Å². The maximum atomic E-state index is 14.5. The molecule has 5 atom stereocenters. The quantitative estimate of drug-likeness (QED) is 0.531. The lowest BCUT2D eigenvalue weighted by atomic mass is 9.96. The SMILES string of the molecule is CCC1C(C(=O)Nc2cc3cc(N4CCN(C5(C)COCC5F)CC4)c(C)cc3cn2)C1c1cnn(C)c1. The first-order valence-electron chi connectivity index (χ1n) is 13.7. The molecule has 202 valence electrons. The number of fused-ring (bicyclic) bond motifs is 1. The van der Waals surface area contributed by atoms with Gasteiger partial charge in [0.2, 0.25) is 5.91 Å². The van der Waals surface area contributed by atoms with E-state index in [1.54, 1.807) is 4.68 Å². The molecule has 9 heteroatoms. The molecule has 1 aromatic carbocycles. The number of ether oxygens (including phenoxy) is 1. The number of benzene rings is 1. The van der Waals surface area contributed by atoms with E-state index in [0.717, 1.165) is 48.9 Å². The highest BCUT2D eigenvalue weighted by molar-refractivity contribution is 5.97. The lowest BCUT2D eigenvalue weighted by molar-refractivity contribution is -0.117. The number of nitrogens with zero attached hydrogens (tertiary/aromatic N) is 5. The first-order chi connectivity index (χ1) is 18.3. The normalized spacial score (nSPS) is 29.7. The van der Waals surface area contributed by atoms with E-state index in [1.165, 1.54) is 11.3 Å². The van der Waals surface area contributed by atoms with Gasteiger partial charge in [-0.1, -0.05) is 13.3 Å². The molecular weight excluding hydrogens is 483 g/mol. The number of piperazine rings is 1. The van der Waals surface area contributed by atoms with Crippen molar-refractivity contribution in [2.45, 2.75) is 44.8 Å². The number of hydrogen-bond acceptors (Lipinski definition) is 6. The van der Waals surface area contributed by atoms with Gasteiger partial charge in [-0.25, -0.2) is 9.37 Å². The first kappa shape index (κ1) is 25.2. The van der Waals surface area contributed by atoms with Gasteiger partial charge in [0.05, 0.1) is 24.9 Å². The Bertz CT molecular complexity index is 1350. The number of pyridine rings is 1. The van der Waals surface area contributed by atoms with Crippen molar-refractivity contribution in [3.8, 4) is 0 Å². The molecule has 3 aliphatic rings. The lowest BCUT2D eigenvalue weighted by Crippen LogP contribution is -2.59. The molecule has 1 saturated carbocycles. The summed E-state index contributed by atoms with van der Waals surface area (Å²) < 4.78 is 21.8. The molecule has 2 aliphatic heterocycles. The van der Waals surface area contributed by atoms with Gasteiger partial charge in [-0.3, -0.25) is 14.4 Å². The van der Waals surface area contributed by atoms with E-state index in [1.807, 2.05) is 38.6 Å². The fourth-order valence-electron chi connectivity index (χ4n) is 6.61. The second kappa shape index (κ2) is 9.61. The molecule has 3 aromatic rings. The van der Waals surface area contributed by atoms with Crippen molar-refractivity contribution in [3.63, 3.8) is 0 Å². The highest BCUT2D eigenvalue weighted by Crippen LogP contribution is 2.56. The average molecular weight is 521 g/mol. The maximum absolute atomic E-state index is 14.5. The van der Waals surface area contributed by atoms with Crippen molar-refractivity contribution < 1.29 is 13.9 Å². The van der Waals surface area contributed by atoms with Crippen molar-refractivity contribution >= 4 is 28.2 Å². The molecule has 8 nitrogen and oxygen atoms in total. The van der Waals surface area contributed by atoms with Crippen molar-refractivity contribution in [1.82, 2.24) is 19.7 Å². The molecule has 0 radical (unpaired) electrons. The van der Waals surface area contributed by atoms with Crippen molar-refractivity contribution in [1.29, 1.82) is 0 Å². The van der Waals surface area contributed by atoms with Crippen LogP contribution in [0.15, 0.2) is 36.8 Å². The van der Waals surface area contributed by atoms with E-state index in [-0.39, 0.29) is 24.3 Å². The maximum Gasteiger partial charge on any atom is 0.229 e. The third-order valence-corrected chi connectivity index (χ3v) is 9.02. The fraction of sp³-hybridized carbons (Fsp3) is 0.552. The number of hydrogen-bond donors (Lipinski definition) is 1. The van der Waals surface area contributed by atoms with Crippen LogP contribution in [0, 0.1) is 18.8 Å². The zero-order valence-corrected chi connectivity index (χ0v) is 22.7. The Morgan fingerprint density at radius 2 is 1.97 bits per heavy atom. The number of alkyl halides is 1. The second-order valence-electron chi connectivity index (χ2n) is 11.4. The topological polar surface area (TPSA) is 75.5 Å². The Labute approximate surface area is 223 Å². The van der Waals surface area contributed by atoms with Crippen LogP contribution in [0.2, 0.25) is 0 Å². The van der Waals surface area contributed by atoms with Crippen molar-refractivity contribution in [2.24, 2.45) is 18.9 Å². The summed E-state index contributed by atoms with van der Waals surface area (Å²) in [5, 5.41) is 9.46. The third kappa shape index (κ3) is 4.35. The molecule has 1 N–H and O–H groups in total. The van der Waals surface area contributed by atoms with E-state index < -0.39 is 11.7 Å². The largest absolute Gasteiger partial charge is 0.376 e. The molecular formula is C29H37FN6O2. The number of aromatic nitrogens is 3. The summed E-state index contributed by atoms with van der Waals surface area (Å²) in [4.78, 5) is 22.4. The van der Waals surface area contributed by atoms with Gasteiger partial charge in [-0.15, -0.1) is 0 Å². The van der Waals surface area contributed by atoms with Gasteiger partial charge in [-0.05, 0) is 54.5 Å². The summed E-state index contributed by atoms with van der Waals surface area (Å²) in [6, 6.07) is 6.33. The van der Waals surface area contributed by atoms with Gasteiger partial charge < -0.3 is 15.0 Å². The highest BCUT2D eigenvalue weighted by Gasteiger charge is 2.54. The lowest BCUT2D eigenvalue weighted by Gasteiger charge is -2.45. The summed E-state index contributed by atoms with van der Waals surface area (Å²) in [7, 11) is 1.90. The first-order valence-corrected chi connectivity index (χ1v) is 13.7. The van der Waals surface area contributed by atoms with Gasteiger partial charge in [0, 0.05) is 68.5 Å². The van der Waals surface area contributed by atoms with E-state index in [9.17, 15) is 9.18 Å². The van der Waals surface area contributed by atoms with E-state index in [0.29, 0.717) is 18.3 Å². The predicted molar refractivity (Wildman–Crippen MR) is 146 cm³/mol. The number of nitrogens with one attached hydrogen (secondary N) is 1. The monoisotopic (exact) mass is 520 g/mol. The molecule has 2 aromatic heterocycles. The highest BCUT2D eigenvalue weighted by atomic mass is 19.1. The van der Waals surface area contributed by atoms with Gasteiger partial charge in [0.15, 0.2) is 0 Å². The Hall–Kier alpha value is -3.04. The van der Waals surface area contributed by atoms with E-state index in [4.69, 9.17) is 4.74 Å². The van der Waals surface area contributed by atoms with Crippen molar-refractivity contribution in [2.75, 3.05) is 49.6 Å². The number of carbonyl (C=O) groups excluding carboxylic acids is 1. The Balaban J connectivity index is 1.16. The molecule has 0 spiro atoms. The van der Waals surface area contributed by atoms with Crippen LogP contribution >= 0.6 is 0 Å². The number of aryl methyl sites for hydroxylation is 2. The Morgan fingerprint density at radius 3 is 2.63 bits per heavy atom. The van der Waals surface area contributed by atoms with Gasteiger partial charge in [0.25, 0.3) is 0 Å².